The topological polar surface area (TPSA) is 42.4 Å². The fraction of sp³-hybridized carbons (Fsp3) is 0.333. The number of benzene rings is 2. The van der Waals surface area contributed by atoms with E-state index in [-0.39, 0.29) is 11.8 Å². The molecule has 0 N–H and O–H groups in total. The summed E-state index contributed by atoms with van der Waals surface area (Å²) in [6.07, 6.45) is -2.46. The van der Waals surface area contributed by atoms with Crippen LogP contribution in [0.1, 0.15) is 45.3 Å². The number of methoxy groups -OCH3 is 1. The van der Waals surface area contributed by atoms with Gasteiger partial charge in [-0.2, -0.15) is 13.2 Å². The van der Waals surface area contributed by atoms with Gasteiger partial charge in [0.05, 0.1) is 18.4 Å². The lowest BCUT2D eigenvalue weighted by Crippen LogP contribution is -2.39. The third kappa shape index (κ3) is 4.65. The molecule has 0 spiro atoms. The second-order valence-corrected chi connectivity index (χ2v) is 8.87. The Kier molecular flexibility index (Phi) is 6.24. The molecule has 1 amide bonds. The van der Waals surface area contributed by atoms with Gasteiger partial charge in [0.25, 0.3) is 5.91 Å². The number of rotatable bonds is 4. The van der Waals surface area contributed by atoms with Crippen molar-refractivity contribution in [3.05, 3.63) is 70.2 Å². The van der Waals surface area contributed by atoms with Crippen LogP contribution in [0.4, 0.5) is 13.2 Å². The molecule has 0 unspecified atom stereocenters. The molecule has 0 aliphatic carbocycles. The molecule has 0 bridgehead atoms. The van der Waals surface area contributed by atoms with Crippen molar-refractivity contribution in [1.29, 1.82) is 0 Å². The zero-order valence-corrected chi connectivity index (χ0v) is 18.6. The molecule has 3 aromatic rings. The lowest BCUT2D eigenvalue weighted by Gasteiger charge is -2.33. The van der Waals surface area contributed by atoms with E-state index in [0.29, 0.717) is 34.2 Å². The number of alkyl halides is 3. The Labute approximate surface area is 188 Å². The van der Waals surface area contributed by atoms with Gasteiger partial charge in [-0.15, -0.1) is 11.3 Å². The molecule has 0 saturated carbocycles. The normalized spacial score (nSPS) is 16.8. The van der Waals surface area contributed by atoms with E-state index in [1.807, 2.05) is 29.2 Å². The molecule has 168 valence electrons. The highest BCUT2D eigenvalue weighted by molar-refractivity contribution is 7.17. The summed E-state index contributed by atoms with van der Waals surface area (Å²) < 4.78 is 43.7. The zero-order valence-electron chi connectivity index (χ0n) is 17.8. The van der Waals surface area contributed by atoms with Crippen molar-refractivity contribution in [2.24, 2.45) is 0 Å². The van der Waals surface area contributed by atoms with E-state index in [2.05, 4.69) is 4.98 Å². The summed E-state index contributed by atoms with van der Waals surface area (Å²) in [5.74, 6) is 0.978. The maximum absolute atomic E-state index is 13.3. The maximum Gasteiger partial charge on any atom is 0.416 e. The predicted octanol–water partition coefficient (Wildman–Crippen LogP) is 6.17. The number of halogens is 3. The van der Waals surface area contributed by atoms with Gasteiger partial charge >= 0.3 is 6.18 Å². The van der Waals surface area contributed by atoms with Crippen LogP contribution in [0, 0.1) is 6.92 Å². The fourth-order valence-corrected chi connectivity index (χ4v) is 5.01. The van der Waals surface area contributed by atoms with Crippen LogP contribution in [0.25, 0.3) is 10.6 Å². The highest BCUT2D eigenvalue weighted by atomic mass is 32.1. The summed E-state index contributed by atoms with van der Waals surface area (Å²) >= 11 is 1.23. The van der Waals surface area contributed by atoms with Crippen LogP contribution in [0.3, 0.4) is 0 Å². The average molecular weight is 461 g/mol. The van der Waals surface area contributed by atoms with Crippen LogP contribution in [0.5, 0.6) is 5.75 Å². The number of thiazole rings is 1. The SMILES string of the molecule is COc1ccc([C@@H]2CCCN(C(=O)c3sc(-c4ccc(C(F)(F)F)cc4)nc3C)C2)cc1. The van der Waals surface area contributed by atoms with Crippen LogP contribution in [0.2, 0.25) is 0 Å². The number of carbonyl (C=O) groups excluding carboxylic acids is 1. The van der Waals surface area contributed by atoms with Gasteiger partial charge in [-0.25, -0.2) is 4.98 Å². The van der Waals surface area contributed by atoms with Crippen LogP contribution in [-0.4, -0.2) is 36.0 Å². The summed E-state index contributed by atoms with van der Waals surface area (Å²) in [4.78, 5) is 20.1. The van der Waals surface area contributed by atoms with Crippen molar-refractivity contribution in [2.45, 2.75) is 31.9 Å². The monoisotopic (exact) mass is 460 g/mol. The molecule has 0 radical (unpaired) electrons. The first-order valence-electron chi connectivity index (χ1n) is 10.3. The Morgan fingerprint density at radius 3 is 2.44 bits per heavy atom. The summed E-state index contributed by atoms with van der Waals surface area (Å²) in [6, 6.07) is 12.8. The lowest BCUT2D eigenvalue weighted by molar-refractivity contribution is -0.137. The van der Waals surface area contributed by atoms with Crippen LogP contribution >= 0.6 is 11.3 Å². The first kappa shape index (κ1) is 22.3. The number of hydrogen-bond donors (Lipinski definition) is 0. The maximum atomic E-state index is 13.3. The summed E-state index contributed by atoms with van der Waals surface area (Å²) in [5.41, 5.74) is 1.64. The molecule has 4 rings (SSSR count). The Balaban J connectivity index is 1.51. The largest absolute Gasteiger partial charge is 0.497 e. The molecule has 1 aromatic heterocycles. The molecule has 2 aromatic carbocycles. The molecule has 1 aliphatic rings. The molecule has 1 saturated heterocycles. The van der Waals surface area contributed by atoms with Crippen molar-refractivity contribution in [3.63, 3.8) is 0 Å². The van der Waals surface area contributed by atoms with Crippen molar-refractivity contribution in [3.8, 4) is 16.3 Å². The van der Waals surface area contributed by atoms with Crippen LogP contribution in [0.15, 0.2) is 48.5 Å². The number of aryl methyl sites for hydroxylation is 1. The lowest BCUT2D eigenvalue weighted by atomic mass is 9.90. The van der Waals surface area contributed by atoms with E-state index < -0.39 is 11.7 Å². The zero-order chi connectivity index (χ0) is 22.9. The minimum Gasteiger partial charge on any atom is -0.497 e. The standard InChI is InChI=1S/C24H23F3N2O2S/c1-15-21(32-22(28-15)17-5-9-19(10-6-17)24(25,26)27)23(30)29-13-3-4-18(14-29)16-7-11-20(31-2)12-8-16/h5-12,18H,3-4,13-14H2,1-2H3/t18-/m1/s1. The molecule has 32 heavy (non-hydrogen) atoms. The van der Waals surface area contributed by atoms with Crippen molar-refractivity contribution >= 4 is 17.2 Å². The quantitative estimate of drug-likeness (QED) is 0.468. The molecular formula is C24H23F3N2O2S. The summed E-state index contributed by atoms with van der Waals surface area (Å²) in [7, 11) is 1.63. The first-order chi connectivity index (χ1) is 15.3. The van der Waals surface area contributed by atoms with Gasteiger partial charge < -0.3 is 9.64 Å². The van der Waals surface area contributed by atoms with Crippen molar-refractivity contribution < 1.29 is 22.7 Å². The second kappa shape index (κ2) is 8.94. The number of amides is 1. The van der Waals surface area contributed by atoms with E-state index in [9.17, 15) is 18.0 Å². The van der Waals surface area contributed by atoms with Crippen LogP contribution < -0.4 is 4.74 Å². The first-order valence-corrected chi connectivity index (χ1v) is 11.2. The molecule has 1 aliphatic heterocycles. The number of carbonyl (C=O) groups is 1. The third-order valence-corrected chi connectivity index (χ3v) is 6.94. The van der Waals surface area contributed by atoms with Gasteiger partial charge in [0.2, 0.25) is 0 Å². The van der Waals surface area contributed by atoms with Crippen molar-refractivity contribution in [2.75, 3.05) is 20.2 Å². The molecule has 8 heteroatoms. The van der Waals surface area contributed by atoms with Crippen molar-refractivity contribution in [1.82, 2.24) is 9.88 Å². The summed E-state index contributed by atoms with van der Waals surface area (Å²) in [6.45, 7) is 3.07. The fourth-order valence-electron chi connectivity index (χ4n) is 3.97. The average Bonchev–Trinajstić information content (AvgIpc) is 3.20. The number of piperidine rings is 1. The highest BCUT2D eigenvalue weighted by Gasteiger charge is 2.31. The van der Waals surface area contributed by atoms with E-state index in [1.165, 1.54) is 29.0 Å². The number of aromatic nitrogens is 1. The predicted molar refractivity (Wildman–Crippen MR) is 118 cm³/mol. The van der Waals surface area contributed by atoms with Gasteiger partial charge in [0.15, 0.2) is 0 Å². The van der Waals surface area contributed by atoms with E-state index in [4.69, 9.17) is 4.74 Å². The van der Waals surface area contributed by atoms with Gasteiger partial charge in [0, 0.05) is 24.6 Å². The Morgan fingerprint density at radius 2 is 1.81 bits per heavy atom. The Morgan fingerprint density at radius 1 is 1.12 bits per heavy atom. The van der Waals surface area contributed by atoms with Gasteiger partial charge in [-0.1, -0.05) is 24.3 Å². The number of nitrogens with zero attached hydrogens (tertiary/aromatic N) is 2. The third-order valence-electron chi connectivity index (χ3n) is 5.75. The Hall–Kier alpha value is -2.87. The minimum absolute atomic E-state index is 0.0728. The molecule has 1 fully saturated rings. The van der Waals surface area contributed by atoms with Gasteiger partial charge in [-0.05, 0) is 49.6 Å². The highest BCUT2D eigenvalue weighted by Crippen LogP contribution is 2.34. The number of hydrogen-bond acceptors (Lipinski definition) is 4. The molecule has 4 nitrogen and oxygen atoms in total. The minimum atomic E-state index is -4.38. The smallest absolute Gasteiger partial charge is 0.416 e. The Bertz CT molecular complexity index is 1090. The second-order valence-electron chi connectivity index (χ2n) is 7.87. The number of likely N-dealkylation sites (tertiary alicyclic amines) is 1. The van der Waals surface area contributed by atoms with E-state index in [0.717, 1.165) is 30.7 Å². The van der Waals surface area contributed by atoms with Gasteiger partial charge in [0.1, 0.15) is 15.6 Å². The molecule has 2 heterocycles. The van der Waals surface area contributed by atoms with E-state index >= 15 is 0 Å². The van der Waals surface area contributed by atoms with Gasteiger partial charge in [-0.3, -0.25) is 4.79 Å². The van der Waals surface area contributed by atoms with E-state index in [1.54, 1.807) is 14.0 Å². The molecular weight excluding hydrogens is 437 g/mol. The van der Waals surface area contributed by atoms with Crippen LogP contribution in [-0.2, 0) is 6.18 Å². The summed E-state index contributed by atoms with van der Waals surface area (Å²) in [5, 5.41) is 0.545. The molecule has 1 atom stereocenters. The number of ether oxygens (including phenoxy) is 1.